The van der Waals surface area contributed by atoms with E-state index in [4.69, 9.17) is 6.57 Å². The van der Waals surface area contributed by atoms with E-state index in [-0.39, 0.29) is 21.7 Å². The number of hydrogen-bond donors (Lipinski definition) is 0. The zero-order chi connectivity index (χ0) is 17.3. The highest BCUT2D eigenvalue weighted by Crippen LogP contribution is 2.36. The maximum Gasteiger partial charge on any atom is 0.405 e. The third-order valence-electron chi connectivity index (χ3n) is 3.08. The Morgan fingerprint density at radius 3 is 1.83 bits per heavy atom. The molecule has 8 heteroatoms. The molecular weight excluding hydrogens is 322 g/mol. The average molecular weight is 332 g/mol. The van der Waals surface area contributed by atoms with Crippen LogP contribution in [-0.4, -0.2) is 25.4 Å². The summed E-state index contributed by atoms with van der Waals surface area (Å²) in [7, 11) is 0. The van der Waals surface area contributed by atoms with E-state index in [1.807, 2.05) is 0 Å². The number of hydrogen-bond acceptors (Lipinski definition) is 1. The van der Waals surface area contributed by atoms with Gasteiger partial charge in [-0.3, -0.25) is 0 Å². The Balaban J connectivity index is 2.59. The lowest BCUT2D eigenvalue weighted by Gasteiger charge is -2.28. The van der Waals surface area contributed by atoms with Crippen molar-refractivity contribution in [3.05, 3.63) is 47.8 Å². The second-order valence-corrected chi connectivity index (χ2v) is 4.85. The van der Waals surface area contributed by atoms with Crippen molar-refractivity contribution in [2.75, 3.05) is 18.0 Å². The Labute approximate surface area is 127 Å². The van der Waals surface area contributed by atoms with Gasteiger partial charge >= 0.3 is 12.4 Å². The summed E-state index contributed by atoms with van der Waals surface area (Å²) >= 11 is 0. The quantitative estimate of drug-likeness (QED) is 0.545. The fraction of sp³-hybridized carbons (Fsp3) is 0.267. The van der Waals surface area contributed by atoms with Gasteiger partial charge in [-0.1, -0.05) is 30.3 Å². The molecule has 0 spiro atoms. The first kappa shape index (κ1) is 16.9. The summed E-state index contributed by atoms with van der Waals surface area (Å²) in [5.41, 5.74) is -0.0361. The van der Waals surface area contributed by atoms with E-state index >= 15 is 0 Å². The van der Waals surface area contributed by atoms with Gasteiger partial charge in [0.05, 0.1) is 6.57 Å². The molecule has 0 fully saturated rings. The zero-order valence-corrected chi connectivity index (χ0v) is 11.5. The van der Waals surface area contributed by atoms with Crippen LogP contribution in [0.5, 0.6) is 0 Å². The Hall–Kier alpha value is -2.43. The lowest BCUT2D eigenvalue weighted by atomic mass is 10.1. The molecule has 23 heavy (non-hydrogen) atoms. The molecule has 0 radical (unpaired) electrons. The topological polar surface area (TPSA) is 7.60 Å². The average Bonchev–Trinajstić information content (AvgIpc) is 2.42. The first-order valence-electron chi connectivity index (χ1n) is 6.38. The molecule has 0 atom stereocenters. The predicted octanol–water partition coefficient (Wildman–Crippen LogP) is 5.32. The minimum atomic E-state index is -4.79. The molecule has 0 aliphatic rings. The highest BCUT2D eigenvalue weighted by atomic mass is 19.4. The van der Waals surface area contributed by atoms with Gasteiger partial charge in [-0.15, -0.1) is 0 Å². The van der Waals surface area contributed by atoms with Crippen LogP contribution in [0.25, 0.3) is 15.6 Å². The molecule has 0 amide bonds. The van der Waals surface area contributed by atoms with E-state index in [0.29, 0.717) is 5.39 Å². The Morgan fingerprint density at radius 2 is 1.35 bits per heavy atom. The smallest absolute Gasteiger partial charge is 0.353 e. The van der Waals surface area contributed by atoms with Gasteiger partial charge in [-0.25, -0.2) is 4.85 Å². The van der Waals surface area contributed by atoms with Crippen molar-refractivity contribution in [3.63, 3.8) is 0 Å². The number of alkyl halides is 6. The zero-order valence-electron chi connectivity index (χ0n) is 11.5. The van der Waals surface area contributed by atoms with Gasteiger partial charge in [0, 0.05) is 5.69 Å². The second kappa shape index (κ2) is 5.99. The Bertz CT molecular complexity index is 726. The normalized spacial score (nSPS) is 12.2. The number of nitrogens with zero attached hydrogens (tertiary/aromatic N) is 2. The van der Waals surface area contributed by atoms with Gasteiger partial charge in [0.25, 0.3) is 0 Å². The summed E-state index contributed by atoms with van der Waals surface area (Å²) in [5, 5.41) is 0.490. The van der Waals surface area contributed by atoms with Crippen molar-refractivity contribution < 1.29 is 26.3 Å². The Kier molecular flexibility index (Phi) is 4.41. The lowest BCUT2D eigenvalue weighted by molar-refractivity contribution is -0.136. The molecule has 2 rings (SSSR count). The van der Waals surface area contributed by atoms with Crippen LogP contribution in [0.4, 0.5) is 37.7 Å². The molecule has 0 aromatic heterocycles. The minimum absolute atomic E-state index is 0.170. The van der Waals surface area contributed by atoms with Gasteiger partial charge in [0.15, 0.2) is 5.69 Å². The van der Waals surface area contributed by atoms with Crippen molar-refractivity contribution in [2.24, 2.45) is 0 Å². The fourth-order valence-corrected chi connectivity index (χ4v) is 2.30. The van der Waals surface area contributed by atoms with E-state index in [1.54, 1.807) is 6.07 Å². The van der Waals surface area contributed by atoms with Gasteiger partial charge in [-0.2, -0.15) is 26.3 Å². The molecule has 0 aliphatic carbocycles. The van der Waals surface area contributed by atoms with E-state index in [9.17, 15) is 26.3 Å². The molecule has 0 saturated heterocycles. The highest BCUT2D eigenvalue weighted by molar-refractivity contribution is 6.02. The minimum Gasteiger partial charge on any atom is -0.353 e. The monoisotopic (exact) mass is 332 g/mol. The fourth-order valence-electron chi connectivity index (χ4n) is 2.30. The summed E-state index contributed by atoms with van der Waals surface area (Å²) in [6, 6.07) is 8.31. The first-order chi connectivity index (χ1) is 10.6. The molecule has 2 aromatic carbocycles. The van der Waals surface area contributed by atoms with Crippen LogP contribution < -0.4 is 4.90 Å². The van der Waals surface area contributed by atoms with Crippen LogP contribution in [0.15, 0.2) is 36.4 Å². The molecule has 2 aromatic rings. The SMILES string of the molecule is [C-]#[N+]c1ccc(N(CC(F)(F)F)CC(F)(F)F)c2ccccc12. The lowest BCUT2D eigenvalue weighted by Crippen LogP contribution is -2.40. The van der Waals surface area contributed by atoms with Gasteiger partial charge < -0.3 is 4.90 Å². The summed E-state index contributed by atoms with van der Waals surface area (Å²) in [6.07, 6.45) is -9.57. The van der Waals surface area contributed by atoms with Crippen LogP contribution in [0.1, 0.15) is 0 Å². The van der Waals surface area contributed by atoms with Gasteiger partial charge in [0.2, 0.25) is 0 Å². The van der Waals surface area contributed by atoms with Crippen molar-refractivity contribution in [2.45, 2.75) is 12.4 Å². The molecule has 122 valence electrons. The molecule has 0 unspecified atom stereocenters. The molecular formula is C15H10F6N2. The summed E-state index contributed by atoms with van der Waals surface area (Å²) in [4.78, 5) is 3.47. The highest BCUT2D eigenvalue weighted by Gasteiger charge is 2.38. The number of benzene rings is 2. The molecule has 0 saturated carbocycles. The van der Waals surface area contributed by atoms with Crippen LogP contribution >= 0.6 is 0 Å². The summed E-state index contributed by atoms with van der Waals surface area (Å²) in [6.45, 7) is 3.59. The molecule has 2 nitrogen and oxygen atoms in total. The van der Waals surface area contributed by atoms with Gasteiger partial charge in [-0.05, 0) is 16.8 Å². The molecule has 0 bridgehead atoms. The van der Waals surface area contributed by atoms with E-state index in [0.717, 1.165) is 6.07 Å². The molecule has 0 heterocycles. The van der Waals surface area contributed by atoms with Crippen molar-refractivity contribution >= 4 is 22.1 Å². The summed E-state index contributed by atoms with van der Waals surface area (Å²) in [5.74, 6) is 0. The number of halogens is 6. The van der Waals surface area contributed by atoms with E-state index in [1.165, 1.54) is 24.3 Å². The third-order valence-corrected chi connectivity index (χ3v) is 3.08. The maximum absolute atomic E-state index is 12.7. The van der Waals surface area contributed by atoms with Crippen LogP contribution in [0.3, 0.4) is 0 Å². The van der Waals surface area contributed by atoms with Crippen LogP contribution in [0.2, 0.25) is 0 Å². The number of fused-ring (bicyclic) bond motifs is 1. The number of anilines is 1. The summed E-state index contributed by atoms with van der Waals surface area (Å²) < 4.78 is 75.9. The van der Waals surface area contributed by atoms with Crippen molar-refractivity contribution in [3.8, 4) is 0 Å². The Morgan fingerprint density at radius 1 is 0.826 bits per heavy atom. The maximum atomic E-state index is 12.7. The van der Waals surface area contributed by atoms with Crippen molar-refractivity contribution in [1.29, 1.82) is 0 Å². The largest absolute Gasteiger partial charge is 0.405 e. The van der Waals surface area contributed by atoms with E-state index < -0.39 is 25.4 Å². The third kappa shape index (κ3) is 4.28. The molecule has 0 N–H and O–H groups in total. The van der Waals surface area contributed by atoms with E-state index in [2.05, 4.69) is 4.85 Å². The standard InChI is InChI=1S/C15H10F6N2/c1-22-12-6-7-13(11-5-3-2-4-10(11)12)23(8-14(16,17)18)9-15(19,20)21/h2-7H,8-9H2. The first-order valence-corrected chi connectivity index (χ1v) is 6.38. The molecule has 0 aliphatic heterocycles. The van der Waals surface area contributed by atoms with Crippen molar-refractivity contribution in [1.82, 2.24) is 0 Å². The van der Waals surface area contributed by atoms with Crippen LogP contribution in [0, 0.1) is 6.57 Å². The van der Waals surface area contributed by atoms with Crippen LogP contribution in [-0.2, 0) is 0 Å². The number of rotatable bonds is 3. The predicted molar refractivity (Wildman–Crippen MR) is 74.5 cm³/mol. The van der Waals surface area contributed by atoms with Gasteiger partial charge in [0.1, 0.15) is 13.1 Å². The second-order valence-electron chi connectivity index (χ2n) is 4.85.